The van der Waals surface area contributed by atoms with Gasteiger partial charge in [-0.1, -0.05) is 76.2 Å². The van der Waals surface area contributed by atoms with Crippen molar-refractivity contribution in [3.05, 3.63) is 24.3 Å². The molecule has 0 aromatic heterocycles. The molecule has 2 heteroatoms. The van der Waals surface area contributed by atoms with Crippen LogP contribution in [-0.4, -0.2) is 11.1 Å². The first-order chi connectivity index (χ1) is 11.8. The lowest BCUT2D eigenvalue weighted by atomic mass is 10.1. The normalized spacial score (nSPS) is 11.7. The topological polar surface area (TPSA) is 37.3 Å². The largest absolute Gasteiger partial charge is 0.481 e. The van der Waals surface area contributed by atoms with Crippen LogP contribution in [0.2, 0.25) is 0 Å². The average molecular weight is 337 g/mol. The quantitative estimate of drug-likeness (QED) is 0.208. The van der Waals surface area contributed by atoms with Crippen LogP contribution < -0.4 is 0 Å². The van der Waals surface area contributed by atoms with Crippen LogP contribution in [0.4, 0.5) is 0 Å². The molecule has 0 fully saturated rings. The zero-order valence-corrected chi connectivity index (χ0v) is 16.0. The maximum Gasteiger partial charge on any atom is 0.303 e. The lowest BCUT2D eigenvalue weighted by molar-refractivity contribution is -0.137. The Morgan fingerprint density at radius 1 is 0.625 bits per heavy atom. The van der Waals surface area contributed by atoms with E-state index in [0.29, 0.717) is 6.42 Å². The lowest BCUT2D eigenvalue weighted by Gasteiger charge is -1.98. The van der Waals surface area contributed by atoms with E-state index in [2.05, 4.69) is 31.2 Å². The maximum absolute atomic E-state index is 10.4. The molecule has 0 aliphatic rings. The van der Waals surface area contributed by atoms with Crippen molar-refractivity contribution in [1.82, 2.24) is 0 Å². The first-order valence-corrected chi connectivity index (χ1v) is 10.3. The van der Waals surface area contributed by atoms with Crippen LogP contribution in [0.25, 0.3) is 0 Å². The van der Waals surface area contributed by atoms with Crippen LogP contribution in [0.5, 0.6) is 0 Å². The lowest BCUT2D eigenvalue weighted by Crippen LogP contribution is -1.93. The van der Waals surface area contributed by atoms with Crippen molar-refractivity contribution in [3.8, 4) is 0 Å². The number of allylic oxidation sites excluding steroid dienone is 4. The summed E-state index contributed by atoms with van der Waals surface area (Å²) in [6, 6.07) is 0. The van der Waals surface area contributed by atoms with Gasteiger partial charge in [0.25, 0.3) is 0 Å². The molecule has 0 spiro atoms. The number of hydrogen-bond acceptors (Lipinski definition) is 1. The van der Waals surface area contributed by atoms with Crippen molar-refractivity contribution in [3.63, 3.8) is 0 Å². The van der Waals surface area contributed by atoms with E-state index >= 15 is 0 Å². The van der Waals surface area contributed by atoms with E-state index < -0.39 is 5.97 Å². The molecule has 0 aliphatic carbocycles. The standard InChI is InChI=1S/C22H40O2/c1-2-3-4-5-6-7-8-9-10-11-12-13-14-15-16-17-18-19-20-21-22(23)24/h10-11,15-16H,2-9,12-14,17-21H2,1H3,(H,23,24)/b11-10-,16-15-. The summed E-state index contributed by atoms with van der Waals surface area (Å²) in [5, 5.41) is 8.54. The molecule has 0 aromatic carbocycles. The smallest absolute Gasteiger partial charge is 0.303 e. The Hall–Kier alpha value is -1.05. The third-order valence-corrected chi connectivity index (χ3v) is 4.31. The first-order valence-electron chi connectivity index (χ1n) is 10.3. The predicted molar refractivity (Wildman–Crippen MR) is 105 cm³/mol. The van der Waals surface area contributed by atoms with Gasteiger partial charge in [0.15, 0.2) is 0 Å². The van der Waals surface area contributed by atoms with Gasteiger partial charge in [-0.25, -0.2) is 0 Å². The average Bonchev–Trinajstić information content (AvgIpc) is 2.56. The van der Waals surface area contributed by atoms with E-state index in [-0.39, 0.29) is 0 Å². The molecule has 0 radical (unpaired) electrons. The molecule has 0 unspecified atom stereocenters. The second kappa shape index (κ2) is 20.0. The number of carbonyl (C=O) groups is 1. The molecule has 0 aromatic rings. The third-order valence-electron chi connectivity index (χ3n) is 4.31. The predicted octanol–water partition coefficient (Wildman–Crippen LogP) is 7.44. The number of carboxylic acid groups (broad SMARTS) is 1. The Morgan fingerprint density at radius 2 is 1.04 bits per heavy atom. The van der Waals surface area contributed by atoms with Gasteiger partial charge in [0.2, 0.25) is 0 Å². The Morgan fingerprint density at radius 3 is 1.54 bits per heavy atom. The fourth-order valence-electron chi connectivity index (χ4n) is 2.76. The van der Waals surface area contributed by atoms with Crippen LogP contribution >= 0.6 is 0 Å². The molecule has 0 rings (SSSR count). The minimum Gasteiger partial charge on any atom is -0.481 e. The summed E-state index contributed by atoms with van der Waals surface area (Å²) < 4.78 is 0. The highest BCUT2D eigenvalue weighted by molar-refractivity contribution is 5.66. The fourth-order valence-corrected chi connectivity index (χ4v) is 2.76. The van der Waals surface area contributed by atoms with Crippen molar-refractivity contribution in [2.75, 3.05) is 0 Å². The number of rotatable bonds is 18. The van der Waals surface area contributed by atoms with Crippen molar-refractivity contribution in [2.24, 2.45) is 0 Å². The molecule has 0 atom stereocenters. The summed E-state index contributed by atoms with van der Waals surface area (Å²) in [5.74, 6) is -0.675. The zero-order valence-electron chi connectivity index (χ0n) is 16.0. The molecule has 0 bridgehead atoms. The molecule has 0 saturated heterocycles. The molecule has 0 saturated carbocycles. The highest BCUT2D eigenvalue weighted by Gasteiger charge is 1.94. The molecule has 0 amide bonds. The number of carboxylic acids is 1. The minimum absolute atomic E-state index is 0.314. The molecular weight excluding hydrogens is 296 g/mol. The monoisotopic (exact) mass is 336 g/mol. The van der Waals surface area contributed by atoms with E-state index in [4.69, 9.17) is 5.11 Å². The number of hydrogen-bond donors (Lipinski definition) is 1. The Balaban J connectivity index is 3.17. The van der Waals surface area contributed by atoms with Gasteiger partial charge in [-0.2, -0.15) is 0 Å². The minimum atomic E-state index is -0.675. The van der Waals surface area contributed by atoms with Crippen LogP contribution in [-0.2, 0) is 4.79 Å². The summed E-state index contributed by atoms with van der Waals surface area (Å²) >= 11 is 0. The fraction of sp³-hybridized carbons (Fsp3) is 0.773. The molecule has 2 nitrogen and oxygen atoms in total. The summed E-state index contributed by atoms with van der Waals surface area (Å²) in [7, 11) is 0. The van der Waals surface area contributed by atoms with Gasteiger partial charge >= 0.3 is 5.97 Å². The van der Waals surface area contributed by atoms with Crippen LogP contribution in [0, 0.1) is 0 Å². The maximum atomic E-state index is 10.4. The highest BCUT2D eigenvalue weighted by Crippen LogP contribution is 2.09. The second-order valence-corrected chi connectivity index (χ2v) is 6.78. The molecule has 0 aliphatic heterocycles. The highest BCUT2D eigenvalue weighted by atomic mass is 16.4. The van der Waals surface area contributed by atoms with Gasteiger partial charge in [-0.05, 0) is 51.4 Å². The molecule has 1 N–H and O–H groups in total. The SMILES string of the molecule is CCCCCCCCC/C=C\CCC/C=C\CCCCCC(=O)O. The van der Waals surface area contributed by atoms with Crippen molar-refractivity contribution >= 4 is 5.97 Å². The van der Waals surface area contributed by atoms with E-state index in [1.54, 1.807) is 0 Å². The van der Waals surface area contributed by atoms with Gasteiger partial charge in [0, 0.05) is 6.42 Å². The third kappa shape index (κ3) is 20.9. The van der Waals surface area contributed by atoms with Gasteiger partial charge in [0.05, 0.1) is 0 Å². The van der Waals surface area contributed by atoms with Crippen LogP contribution in [0.3, 0.4) is 0 Å². The molecular formula is C22H40O2. The van der Waals surface area contributed by atoms with E-state index in [9.17, 15) is 4.79 Å². The van der Waals surface area contributed by atoms with Crippen molar-refractivity contribution in [2.45, 2.75) is 110 Å². The molecule has 0 heterocycles. The van der Waals surface area contributed by atoms with E-state index in [1.165, 1.54) is 64.2 Å². The number of aliphatic carboxylic acids is 1. The van der Waals surface area contributed by atoms with Gasteiger partial charge in [0.1, 0.15) is 0 Å². The Kier molecular flexibility index (Phi) is 19.1. The van der Waals surface area contributed by atoms with E-state index in [1.807, 2.05) is 0 Å². The van der Waals surface area contributed by atoms with Gasteiger partial charge in [-0.15, -0.1) is 0 Å². The first kappa shape index (κ1) is 22.9. The molecule has 140 valence electrons. The summed E-state index contributed by atoms with van der Waals surface area (Å²) in [6.45, 7) is 2.27. The zero-order chi connectivity index (χ0) is 17.7. The van der Waals surface area contributed by atoms with E-state index in [0.717, 1.165) is 32.1 Å². The summed E-state index contributed by atoms with van der Waals surface area (Å²) in [5.41, 5.74) is 0. The summed E-state index contributed by atoms with van der Waals surface area (Å²) in [4.78, 5) is 10.4. The van der Waals surface area contributed by atoms with Crippen LogP contribution in [0.1, 0.15) is 110 Å². The van der Waals surface area contributed by atoms with Gasteiger partial charge < -0.3 is 5.11 Å². The Labute approximate surface area is 150 Å². The summed E-state index contributed by atoms with van der Waals surface area (Å²) in [6.07, 6.45) is 28.2. The molecule has 24 heavy (non-hydrogen) atoms. The van der Waals surface area contributed by atoms with Gasteiger partial charge in [-0.3, -0.25) is 4.79 Å². The Bertz CT molecular complexity index is 318. The van der Waals surface area contributed by atoms with Crippen molar-refractivity contribution in [1.29, 1.82) is 0 Å². The van der Waals surface area contributed by atoms with Crippen molar-refractivity contribution < 1.29 is 9.90 Å². The van der Waals surface area contributed by atoms with Crippen LogP contribution in [0.15, 0.2) is 24.3 Å². The number of unbranched alkanes of at least 4 members (excludes halogenated alkanes) is 12. The second-order valence-electron chi connectivity index (χ2n) is 6.78.